The molecule has 0 atom stereocenters. The molecular formula is C19H12BrN3S. The second-order valence-corrected chi connectivity index (χ2v) is 7.02. The molecule has 0 aliphatic rings. The summed E-state index contributed by atoms with van der Waals surface area (Å²) < 4.78 is 1.06. The van der Waals surface area contributed by atoms with Crippen LogP contribution >= 0.6 is 27.3 Å². The van der Waals surface area contributed by atoms with E-state index in [4.69, 9.17) is 9.97 Å². The zero-order chi connectivity index (χ0) is 16.4. The van der Waals surface area contributed by atoms with Crippen molar-refractivity contribution in [3.8, 4) is 33.2 Å². The molecule has 0 aliphatic heterocycles. The first kappa shape index (κ1) is 15.2. The summed E-state index contributed by atoms with van der Waals surface area (Å²) in [7, 11) is 0. The Hall–Kier alpha value is -2.37. The van der Waals surface area contributed by atoms with Gasteiger partial charge in [-0.2, -0.15) is 0 Å². The van der Waals surface area contributed by atoms with Crippen LogP contribution in [0, 0.1) is 0 Å². The van der Waals surface area contributed by atoms with Crippen molar-refractivity contribution in [2.45, 2.75) is 0 Å². The summed E-state index contributed by atoms with van der Waals surface area (Å²) in [4.78, 5) is 14.7. The highest BCUT2D eigenvalue weighted by molar-refractivity contribution is 9.10. The highest BCUT2D eigenvalue weighted by Crippen LogP contribution is 2.32. The van der Waals surface area contributed by atoms with Crippen molar-refractivity contribution in [2.75, 3.05) is 0 Å². The quantitative estimate of drug-likeness (QED) is 0.448. The number of thiophene rings is 1. The van der Waals surface area contributed by atoms with E-state index >= 15 is 0 Å². The van der Waals surface area contributed by atoms with Gasteiger partial charge in [-0.15, -0.1) is 11.3 Å². The number of halogens is 1. The molecule has 0 aliphatic carbocycles. The summed E-state index contributed by atoms with van der Waals surface area (Å²) in [5.41, 5.74) is 3.85. The number of benzene rings is 1. The molecular weight excluding hydrogens is 382 g/mol. The lowest BCUT2D eigenvalue weighted by atomic mass is 10.1. The maximum Gasteiger partial charge on any atom is 0.160 e. The van der Waals surface area contributed by atoms with Gasteiger partial charge in [-0.3, -0.25) is 4.98 Å². The molecule has 4 aromatic rings. The minimum atomic E-state index is 0.726. The summed E-state index contributed by atoms with van der Waals surface area (Å²) in [5, 5.41) is 2.06. The van der Waals surface area contributed by atoms with Gasteiger partial charge in [0.2, 0.25) is 0 Å². The van der Waals surface area contributed by atoms with Gasteiger partial charge in [0.25, 0.3) is 0 Å². The average Bonchev–Trinajstić information content (AvgIpc) is 3.09. The molecule has 0 unspecified atom stereocenters. The van der Waals surface area contributed by atoms with Gasteiger partial charge in [-0.1, -0.05) is 30.3 Å². The highest BCUT2D eigenvalue weighted by atomic mass is 79.9. The molecule has 0 saturated heterocycles. The zero-order valence-corrected chi connectivity index (χ0v) is 15.0. The molecule has 1 aromatic carbocycles. The predicted octanol–water partition coefficient (Wildman–Crippen LogP) is 5.70. The van der Waals surface area contributed by atoms with Crippen molar-refractivity contribution in [1.82, 2.24) is 15.0 Å². The van der Waals surface area contributed by atoms with Crippen molar-refractivity contribution in [3.05, 3.63) is 76.8 Å². The van der Waals surface area contributed by atoms with Crippen LogP contribution in [-0.2, 0) is 0 Å². The number of nitrogens with zero attached hydrogens (tertiary/aromatic N) is 3. The largest absolute Gasteiger partial charge is 0.265 e. The summed E-state index contributed by atoms with van der Waals surface area (Å²) in [6.07, 6.45) is 3.56. The third-order valence-electron chi connectivity index (χ3n) is 3.55. The van der Waals surface area contributed by atoms with E-state index in [1.807, 2.05) is 48.5 Å². The van der Waals surface area contributed by atoms with E-state index in [-0.39, 0.29) is 0 Å². The van der Waals surface area contributed by atoms with Gasteiger partial charge in [-0.05, 0) is 40.2 Å². The van der Waals surface area contributed by atoms with E-state index in [1.54, 1.807) is 23.7 Å². The van der Waals surface area contributed by atoms with Crippen LogP contribution in [0.5, 0.6) is 0 Å². The lowest BCUT2D eigenvalue weighted by molar-refractivity contribution is 1.18. The van der Waals surface area contributed by atoms with Gasteiger partial charge in [0.1, 0.15) is 0 Å². The molecule has 0 saturated carbocycles. The Balaban J connectivity index is 1.91. The Morgan fingerprint density at radius 1 is 0.792 bits per heavy atom. The lowest BCUT2D eigenvalue weighted by Crippen LogP contribution is -1.95. The number of rotatable bonds is 3. The Morgan fingerprint density at radius 2 is 1.54 bits per heavy atom. The third kappa shape index (κ3) is 3.13. The molecule has 3 heterocycles. The van der Waals surface area contributed by atoms with Crippen molar-refractivity contribution in [3.63, 3.8) is 0 Å². The van der Waals surface area contributed by atoms with Crippen LogP contribution in [0.2, 0.25) is 0 Å². The minimum Gasteiger partial charge on any atom is -0.265 e. The van der Waals surface area contributed by atoms with Crippen LogP contribution in [0.1, 0.15) is 0 Å². The molecule has 0 spiro atoms. The van der Waals surface area contributed by atoms with E-state index < -0.39 is 0 Å². The molecule has 3 nitrogen and oxygen atoms in total. The van der Waals surface area contributed by atoms with Crippen LogP contribution in [0.3, 0.4) is 0 Å². The summed E-state index contributed by atoms with van der Waals surface area (Å²) >= 11 is 5.18. The first-order valence-corrected chi connectivity index (χ1v) is 9.06. The Bertz CT molecular complexity index is 911. The summed E-state index contributed by atoms with van der Waals surface area (Å²) in [6.45, 7) is 0. The summed E-state index contributed by atoms with van der Waals surface area (Å²) in [6, 6.07) is 18.1. The van der Waals surface area contributed by atoms with Crippen LogP contribution in [0.4, 0.5) is 0 Å². The smallest absolute Gasteiger partial charge is 0.160 e. The van der Waals surface area contributed by atoms with Crippen molar-refractivity contribution in [1.29, 1.82) is 0 Å². The van der Waals surface area contributed by atoms with Crippen LogP contribution < -0.4 is 0 Å². The standard InChI is InChI=1S/C19H12BrN3S/c20-15-10-18(24-12-15)17-11-16(13-6-8-21-9-7-13)22-19(23-17)14-4-2-1-3-5-14/h1-12H. The minimum absolute atomic E-state index is 0.726. The molecule has 0 bridgehead atoms. The predicted molar refractivity (Wildman–Crippen MR) is 102 cm³/mol. The molecule has 116 valence electrons. The van der Waals surface area contributed by atoms with E-state index in [2.05, 4.69) is 32.4 Å². The SMILES string of the molecule is Brc1csc(-c2cc(-c3ccncc3)nc(-c3ccccc3)n2)c1. The first-order valence-electron chi connectivity index (χ1n) is 7.39. The van der Waals surface area contributed by atoms with Gasteiger partial charge in [0, 0.05) is 33.4 Å². The third-order valence-corrected chi connectivity index (χ3v) is 5.27. The van der Waals surface area contributed by atoms with Crippen molar-refractivity contribution < 1.29 is 0 Å². The Morgan fingerprint density at radius 3 is 2.25 bits per heavy atom. The number of hydrogen-bond donors (Lipinski definition) is 0. The molecule has 24 heavy (non-hydrogen) atoms. The second-order valence-electron chi connectivity index (χ2n) is 5.19. The normalized spacial score (nSPS) is 10.7. The highest BCUT2D eigenvalue weighted by Gasteiger charge is 2.11. The lowest BCUT2D eigenvalue weighted by Gasteiger charge is -2.07. The maximum atomic E-state index is 4.78. The first-order chi connectivity index (χ1) is 11.8. The fourth-order valence-corrected chi connectivity index (χ4v) is 3.80. The fraction of sp³-hybridized carbons (Fsp3) is 0. The molecule has 0 amide bonds. The van der Waals surface area contributed by atoms with Crippen molar-refractivity contribution >= 4 is 27.3 Å². The molecule has 4 rings (SSSR count). The average molecular weight is 394 g/mol. The zero-order valence-electron chi connectivity index (χ0n) is 12.6. The molecule has 0 N–H and O–H groups in total. The summed E-state index contributed by atoms with van der Waals surface area (Å²) in [5.74, 6) is 0.726. The van der Waals surface area contributed by atoms with Crippen LogP contribution in [0.25, 0.3) is 33.2 Å². The van der Waals surface area contributed by atoms with E-state index in [1.165, 1.54) is 0 Å². The Labute approximate surface area is 152 Å². The molecule has 5 heteroatoms. The van der Waals surface area contributed by atoms with Crippen LogP contribution in [0.15, 0.2) is 76.8 Å². The number of aromatic nitrogens is 3. The Kier molecular flexibility index (Phi) is 4.19. The number of hydrogen-bond acceptors (Lipinski definition) is 4. The monoisotopic (exact) mass is 393 g/mol. The van der Waals surface area contributed by atoms with Gasteiger partial charge in [0.05, 0.1) is 16.3 Å². The van der Waals surface area contributed by atoms with Gasteiger partial charge < -0.3 is 0 Å². The molecule has 0 radical (unpaired) electrons. The number of pyridine rings is 1. The molecule has 0 fully saturated rings. The van der Waals surface area contributed by atoms with Gasteiger partial charge >= 0.3 is 0 Å². The fourth-order valence-electron chi connectivity index (χ4n) is 2.41. The maximum absolute atomic E-state index is 4.78. The topological polar surface area (TPSA) is 38.7 Å². The van der Waals surface area contributed by atoms with E-state index in [0.717, 1.165) is 37.7 Å². The van der Waals surface area contributed by atoms with E-state index in [9.17, 15) is 0 Å². The van der Waals surface area contributed by atoms with E-state index in [0.29, 0.717) is 0 Å². The van der Waals surface area contributed by atoms with Crippen molar-refractivity contribution in [2.24, 2.45) is 0 Å². The van der Waals surface area contributed by atoms with Crippen LogP contribution in [-0.4, -0.2) is 15.0 Å². The molecule has 3 aromatic heterocycles. The van der Waals surface area contributed by atoms with Gasteiger partial charge in [-0.25, -0.2) is 9.97 Å². The van der Waals surface area contributed by atoms with Gasteiger partial charge in [0.15, 0.2) is 5.82 Å². The second kappa shape index (κ2) is 6.63.